The van der Waals surface area contributed by atoms with Crippen LogP contribution in [0.15, 0.2) is 44.6 Å². The van der Waals surface area contributed by atoms with Gasteiger partial charge in [-0.25, -0.2) is 9.97 Å². The molecule has 0 radical (unpaired) electrons. The Labute approximate surface area is 158 Å². The second-order valence-electron chi connectivity index (χ2n) is 5.82. The van der Waals surface area contributed by atoms with E-state index in [2.05, 4.69) is 27.1 Å². The highest BCUT2D eigenvalue weighted by molar-refractivity contribution is 7.98. The van der Waals surface area contributed by atoms with Gasteiger partial charge in [0.2, 0.25) is 5.89 Å². The van der Waals surface area contributed by atoms with E-state index in [4.69, 9.17) is 8.83 Å². The number of thiazole rings is 1. The summed E-state index contributed by atoms with van der Waals surface area (Å²) in [4.78, 5) is 9.83. The Morgan fingerprint density at radius 1 is 1.00 bits per heavy atom. The molecule has 0 N–H and O–H groups in total. The van der Waals surface area contributed by atoms with Crippen LogP contribution < -0.4 is 0 Å². The second-order valence-corrected chi connectivity index (χ2v) is 7.95. The van der Waals surface area contributed by atoms with Crippen molar-refractivity contribution in [2.24, 2.45) is 0 Å². The maximum absolute atomic E-state index is 5.74. The minimum atomic E-state index is 0.505. The number of benzene rings is 1. The van der Waals surface area contributed by atoms with E-state index in [9.17, 15) is 0 Å². The van der Waals surface area contributed by atoms with E-state index in [1.165, 1.54) is 17.3 Å². The molecule has 0 aliphatic rings. The van der Waals surface area contributed by atoms with Crippen molar-refractivity contribution in [2.45, 2.75) is 31.7 Å². The van der Waals surface area contributed by atoms with Gasteiger partial charge in [0.1, 0.15) is 11.1 Å². The minimum Gasteiger partial charge on any atom is -0.444 e. The zero-order chi connectivity index (χ0) is 18.1. The molecule has 132 valence electrons. The van der Waals surface area contributed by atoms with Crippen LogP contribution in [0, 0.1) is 20.8 Å². The van der Waals surface area contributed by atoms with Crippen molar-refractivity contribution in [1.82, 2.24) is 20.2 Å². The molecular formula is C18H16N4O2S2. The molecule has 8 heteroatoms. The Morgan fingerprint density at radius 2 is 1.81 bits per heavy atom. The summed E-state index contributed by atoms with van der Waals surface area (Å²) in [5, 5.41) is 9.71. The van der Waals surface area contributed by atoms with Crippen molar-refractivity contribution >= 4 is 23.1 Å². The summed E-state index contributed by atoms with van der Waals surface area (Å²) < 4.78 is 11.3. The largest absolute Gasteiger partial charge is 0.444 e. The van der Waals surface area contributed by atoms with Gasteiger partial charge in [-0.1, -0.05) is 29.5 Å². The van der Waals surface area contributed by atoms with Crippen LogP contribution in [-0.4, -0.2) is 20.2 Å². The first kappa shape index (κ1) is 17.0. The molecule has 0 fully saturated rings. The van der Waals surface area contributed by atoms with E-state index in [1.807, 2.05) is 38.1 Å². The predicted molar refractivity (Wildman–Crippen MR) is 101 cm³/mol. The van der Waals surface area contributed by atoms with Crippen molar-refractivity contribution in [3.63, 3.8) is 0 Å². The van der Waals surface area contributed by atoms with Crippen molar-refractivity contribution in [1.29, 1.82) is 0 Å². The topological polar surface area (TPSA) is 77.8 Å². The van der Waals surface area contributed by atoms with Crippen LogP contribution in [0.4, 0.5) is 0 Å². The monoisotopic (exact) mass is 384 g/mol. The lowest BCUT2D eigenvalue weighted by molar-refractivity contribution is 0.466. The van der Waals surface area contributed by atoms with Crippen LogP contribution in [0.5, 0.6) is 0 Å². The Balaban J connectivity index is 1.43. The molecule has 4 aromatic rings. The van der Waals surface area contributed by atoms with Gasteiger partial charge in [-0.3, -0.25) is 0 Å². The van der Waals surface area contributed by atoms with E-state index in [-0.39, 0.29) is 0 Å². The van der Waals surface area contributed by atoms with Crippen LogP contribution in [0.1, 0.15) is 22.0 Å². The molecule has 26 heavy (non-hydrogen) atoms. The van der Waals surface area contributed by atoms with Gasteiger partial charge in [-0.15, -0.1) is 21.5 Å². The second kappa shape index (κ2) is 7.05. The Bertz CT molecular complexity index is 1030. The van der Waals surface area contributed by atoms with Crippen LogP contribution in [0.2, 0.25) is 0 Å². The van der Waals surface area contributed by atoms with Gasteiger partial charge >= 0.3 is 0 Å². The lowest BCUT2D eigenvalue weighted by Crippen LogP contribution is -1.83. The molecule has 0 amide bonds. The van der Waals surface area contributed by atoms with Gasteiger partial charge in [0.05, 0.1) is 16.4 Å². The van der Waals surface area contributed by atoms with Crippen LogP contribution in [0.25, 0.3) is 22.2 Å². The predicted octanol–water partition coefficient (Wildman–Crippen LogP) is 5.07. The number of thioether (sulfide) groups is 1. The minimum absolute atomic E-state index is 0.505. The summed E-state index contributed by atoms with van der Waals surface area (Å²) in [5.41, 5.74) is 3.90. The van der Waals surface area contributed by atoms with Gasteiger partial charge < -0.3 is 8.83 Å². The third-order valence-electron chi connectivity index (χ3n) is 3.70. The molecule has 0 spiro atoms. The maximum Gasteiger partial charge on any atom is 0.277 e. The first-order chi connectivity index (χ1) is 12.6. The average Bonchev–Trinajstić information content (AvgIpc) is 3.33. The third-order valence-corrected chi connectivity index (χ3v) is 5.61. The van der Waals surface area contributed by atoms with Gasteiger partial charge in [0.15, 0.2) is 0 Å². The van der Waals surface area contributed by atoms with Crippen LogP contribution in [0.3, 0.4) is 0 Å². The molecule has 0 saturated heterocycles. The number of nitrogens with zero attached hydrogens (tertiary/aromatic N) is 4. The molecule has 0 aliphatic carbocycles. The number of aryl methyl sites for hydroxylation is 3. The summed E-state index contributed by atoms with van der Waals surface area (Å²) in [5.74, 6) is 1.72. The zero-order valence-electron chi connectivity index (χ0n) is 14.5. The molecule has 3 heterocycles. The normalized spacial score (nSPS) is 11.2. The summed E-state index contributed by atoms with van der Waals surface area (Å²) in [7, 11) is 0. The number of hydrogen-bond acceptors (Lipinski definition) is 8. The first-order valence-electron chi connectivity index (χ1n) is 8.00. The average molecular weight is 384 g/mol. The first-order valence-corrected chi connectivity index (χ1v) is 9.81. The molecular weight excluding hydrogens is 368 g/mol. The SMILES string of the molecule is Cc1ccc(-c2nc(CSc3nnc(-c4sc(C)nc4C)o3)co2)cc1. The maximum atomic E-state index is 5.74. The molecule has 0 unspecified atom stereocenters. The van der Waals surface area contributed by atoms with Crippen molar-refractivity contribution in [3.8, 4) is 22.2 Å². The highest BCUT2D eigenvalue weighted by Gasteiger charge is 2.16. The van der Waals surface area contributed by atoms with E-state index < -0.39 is 0 Å². The van der Waals surface area contributed by atoms with E-state index >= 15 is 0 Å². The zero-order valence-corrected chi connectivity index (χ0v) is 16.1. The Hall–Kier alpha value is -2.45. The third kappa shape index (κ3) is 3.56. The number of oxazole rings is 1. The molecule has 1 aromatic carbocycles. The molecule has 6 nitrogen and oxygen atoms in total. The summed E-state index contributed by atoms with van der Waals surface area (Å²) >= 11 is 2.99. The van der Waals surface area contributed by atoms with E-state index in [0.29, 0.717) is 22.8 Å². The van der Waals surface area contributed by atoms with Gasteiger partial charge in [-0.2, -0.15) is 0 Å². The van der Waals surface area contributed by atoms with Crippen molar-refractivity contribution < 1.29 is 8.83 Å². The molecule has 4 rings (SSSR count). The standard InChI is InChI=1S/C18H16N4O2S2/c1-10-4-6-13(7-5-10)16-20-14(8-23-16)9-25-18-22-21-17(24-18)15-11(2)19-12(3)26-15/h4-8H,9H2,1-3H3. The number of rotatable bonds is 5. The highest BCUT2D eigenvalue weighted by atomic mass is 32.2. The van der Waals surface area contributed by atoms with Gasteiger partial charge in [-0.05, 0) is 32.9 Å². The lowest BCUT2D eigenvalue weighted by Gasteiger charge is -1.95. The van der Waals surface area contributed by atoms with Crippen molar-refractivity contribution in [2.75, 3.05) is 0 Å². The molecule has 0 saturated carbocycles. The van der Waals surface area contributed by atoms with Gasteiger partial charge in [0, 0.05) is 11.3 Å². The Morgan fingerprint density at radius 3 is 2.54 bits per heavy atom. The molecule has 0 bridgehead atoms. The van der Waals surface area contributed by atoms with Crippen LogP contribution >= 0.6 is 23.1 Å². The van der Waals surface area contributed by atoms with E-state index in [0.717, 1.165) is 26.8 Å². The summed E-state index contributed by atoms with van der Waals surface area (Å²) in [6.45, 7) is 5.95. The van der Waals surface area contributed by atoms with E-state index in [1.54, 1.807) is 17.6 Å². The fourth-order valence-electron chi connectivity index (χ4n) is 2.43. The van der Waals surface area contributed by atoms with Crippen LogP contribution in [-0.2, 0) is 5.75 Å². The van der Waals surface area contributed by atoms with Crippen molar-refractivity contribution in [3.05, 3.63) is 52.5 Å². The Kier molecular flexibility index (Phi) is 4.60. The number of aromatic nitrogens is 4. The van der Waals surface area contributed by atoms with Gasteiger partial charge in [0.25, 0.3) is 11.1 Å². The highest BCUT2D eigenvalue weighted by Crippen LogP contribution is 2.31. The fraction of sp³-hybridized carbons (Fsp3) is 0.222. The number of hydrogen-bond donors (Lipinski definition) is 0. The quantitative estimate of drug-likeness (QED) is 0.445. The lowest BCUT2D eigenvalue weighted by atomic mass is 10.1. The molecule has 0 atom stereocenters. The summed E-state index contributed by atoms with van der Waals surface area (Å²) in [6, 6.07) is 8.08. The smallest absolute Gasteiger partial charge is 0.277 e. The molecule has 0 aliphatic heterocycles. The fourth-order valence-corrected chi connectivity index (χ4v) is 3.91. The summed E-state index contributed by atoms with van der Waals surface area (Å²) in [6.07, 6.45) is 1.66. The molecule has 3 aromatic heterocycles.